The summed E-state index contributed by atoms with van der Waals surface area (Å²) in [5.74, 6) is 2.16. The molecule has 1 aliphatic rings. The zero-order chi connectivity index (χ0) is 22.8. The maximum Gasteiger partial charge on any atom is 0.336 e. The molecule has 1 aliphatic heterocycles. The third kappa shape index (κ3) is 4.23. The standard InChI is InChI=1S/C26H29NO5/c1-16-10-21-19(12-25(28)32-22(21)11-17(16)2)15-27-8-6-18(7-9-27)26-23(30-4)13-20(29-3)14-24(26)31-5/h6,10-14H,7-9,15H2,1-5H3. The highest BCUT2D eigenvalue weighted by atomic mass is 16.5. The monoisotopic (exact) mass is 435 g/mol. The molecular weight excluding hydrogens is 406 g/mol. The lowest BCUT2D eigenvalue weighted by molar-refractivity contribution is 0.293. The Hall–Kier alpha value is -3.25. The zero-order valence-electron chi connectivity index (χ0n) is 19.3. The zero-order valence-corrected chi connectivity index (χ0v) is 19.3. The predicted molar refractivity (Wildman–Crippen MR) is 126 cm³/mol. The van der Waals surface area contributed by atoms with Crippen LogP contribution in [0.1, 0.15) is 28.7 Å². The summed E-state index contributed by atoms with van der Waals surface area (Å²) >= 11 is 0. The molecule has 0 amide bonds. The van der Waals surface area contributed by atoms with E-state index < -0.39 is 0 Å². The molecule has 0 saturated heterocycles. The van der Waals surface area contributed by atoms with Crippen LogP contribution in [-0.2, 0) is 6.54 Å². The topological polar surface area (TPSA) is 61.1 Å². The minimum atomic E-state index is -0.309. The van der Waals surface area contributed by atoms with Crippen LogP contribution in [0.3, 0.4) is 0 Å². The predicted octanol–water partition coefficient (Wildman–Crippen LogP) is 4.72. The van der Waals surface area contributed by atoms with Gasteiger partial charge in [-0.2, -0.15) is 0 Å². The second kappa shape index (κ2) is 9.09. The molecule has 0 N–H and O–H groups in total. The number of rotatable bonds is 6. The van der Waals surface area contributed by atoms with E-state index in [0.717, 1.165) is 53.1 Å². The molecule has 6 heteroatoms. The van der Waals surface area contributed by atoms with Crippen molar-refractivity contribution in [2.75, 3.05) is 34.4 Å². The molecule has 0 spiro atoms. The van der Waals surface area contributed by atoms with Gasteiger partial charge in [-0.25, -0.2) is 4.79 Å². The summed E-state index contributed by atoms with van der Waals surface area (Å²) in [4.78, 5) is 14.5. The van der Waals surface area contributed by atoms with Crippen molar-refractivity contribution in [3.05, 3.63) is 69.1 Å². The molecule has 0 unspecified atom stereocenters. The first kappa shape index (κ1) is 22.0. The minimum absolute atomic E-state index is 0.309. The number of nitrogens with zero attached hydrogens (tertiary/aromatic N) is 1. The summed E-state index contributed by atoms with van der Waals surface area (Å²) in [6.07, 6.45) is 3.05. The third-order valence-corrected chi connectivity index (χ3v) is 6.17. The van der Waals surface area contributed by atoms with E-state index >= 15 is 0 Å². The van der Waals surface area contributed by atoms with Gasteiger partial charge in [0.1, 0.15) is 22.8 Å². The molecule has 3 aromatic rings. The number of methoxy groups -OCH3 is 3. The summed E-state index contributed by atoms with van der Waals surface area (Å²) in [6, 6.07) is 9.44. The van der Waals surface area contributed by atoms with E-state index in [2.05, 4.69) is 24.0 Å². The number of hydrogen-bond acceptors (Lipinski definition) is 6. The van der Waals surface area contributed by atoms with Gasteiger partial charge in [-0.15, -0.1) is 0 Å². The van der Waals surface area contributed by atoms with Gasteiger partial charge in [-0.05, 0) is 54.7 Å². The Morgan fingerprint density at radius 2 is 1.62 bits per heavy atom. The molecule has 2 aromatic carbocycles. The molecule has 0 fully saturated rings. The highest BCUT2D eigenvalue weighted by Gasteiger charge is 2.21. The van der Waals surface area contributed by atoms with Crippen LogP contribution in [-0.4, -0.2) is 39.3 Å². The third-order valence-electron chi connectivity index (χ3n) is 6.17. The van der Waals surface area contributed by atoms with E-state index in [1.54, 1.807) is 27.4 Å². The molecular formula is C26H29NO5. The van der Waals surface area contributed by atoms with E-state index in [1.807, 2.05) is 25.1 Å². The fourth-order valence-corrected chi connectivity index (χ4v) is 4.26. The first-order valence-corrected chi connectivity index (χ1v) is 10.7. The smallest absolute Gasteiger partial charge is 0.336 e. The average Bonchev–Trinajstić information content (AvgIpc) is 2.80. The minimum Gasteiger partial charge on any atom is -0.496 e. The van der Waals surface area contributed by atoms with Crippen molar-refractivity contribution in [3.8, 4) is 17.2 Å². The van der Waals surface area contributed by atoms with Crippen LogP contribution in [0.4, 0.5) is 0 Å². The van der Waals surface area contributed by atoms with Gasteiger partial charge in [0.05, 0.1) is 26.9 Å². The Bertz CT molecular complexity index is 1220. The van der Waals surface area contributed by atoms with Gasteiger partial charge in [0.25, 0.3) is 0 Å². The van der Waals surface area contributed by atoms with Crippen LogP contribution in [0.2, 0.25) is 0 Å². The van der Waals surface area contributed by atoms with Gasteiger partial charge in [0, 0.05) is 43.2 Å². The molecule has 0 aliphatic carbocycles. The molecule has 6 nitrogen and oxygen atoms in total. The lowest BCUT2D eigenvalue weighted by Crippen LogP contribution is -2.28. The van der Waals surface area contributed by atoms with Crippen molar-refractivity contribution in [2.24, 2.45) is 0 Å². The summed E-state index contributed by atoms with van der Waals surface area (Å²) < 4.78 is 22.1. The van der Waals surface area contributed by atoms with E-state index in [0.29, 0.717) is 17.9 Å². The lowest BCUT2D eigenvalue weighted by atomic mass is 9.96. The number of ether oxygens (including phenoxy) is 3. The van der Waals surface area contributed by atoms with Crippen LogP contribution in [0, 0.1) is 13.8 Å². The van der Waals surface area contributed by atoms with E-state index in [4.69, 9.17) is 18.6 Å². The van der Waals surface area contributed by atoms with Crippen molar-refractivity contribution >= 4 is 16.5 Å². The van der Waals surface area contributed by atoms with E-state index in [-0.39, 0.29) is 5.63 Å². The van der Waals surface area contributed by atoms with E-state index in [1.165, 1.54) is 11.1 Å². The first-order valence-electron chi connectivity index (χ1n) is 10.7. The second-order valence-corrected chi connectivity index (χ2v) is 8.14. The van der Waals surface area contributed by atoms with Crippen molar-refractivity contribution in [3.63, 3.8) is 0 Å². The maximum absolute atomic E-state index is 12.1. The van der Waals surface area contributed by atoms with Crippen LogP contribution in [0.15, 0.2) is 45.6 Å². The molecule has 32 heavy (non-hydrogen) atoms. The first-order chi connectivity index (χ1) is 15.4. The molecule has 0 saturated carbocycles. The fourth-order valence-electron chi connectivity index (χ4n) is 4.26. The number of benzene rings is 2. The Morgan fingerprint density at radius 1 is 0.938 bits per heavy atom. The molecule has 0 bridgehead atoms. The Labute approximate surface area is 188 Å². The molecule has 1 aromatic heterocycles. The lowest BCUT2D eigenvalue weighted by Gasteiger charge is -2.28. The Balaban J connectivity index is 1.62. The SMILES string of the molecule is COc1cc(OC)c(C2=CCN(Cc3cc(=O)oc4cc(C)c(C)cc34)CC2)c(OC)c1. The summed E-state index contributed by atoms with van der Waals surface area (Å²) in [6.45, 7) is 6.41. The molecule has 0 atom stereocenters. The number of aryl methyl sites for hydroxylation is 2. The normalized spacial score (nSPS) is 14.3. The van der Waals surface area contributed by atoms with Crippen molar-refractivity contribution < 1.29 is 18.6 Å². The van der Waals surface area contributed by atoms with Crippen molar-refractivity contribution in [2.45, 2.75) is 26.8 Å². The molecule has 2 heterocycles. The fraction of sp³-hybridized carbons (Fsp3) is 0.346. The van der Waals surface area contributed by atoms with Gasteiger partial charge < -0.3 is 18.6 Å². The van der Waals surface area contributed by atoms with Crippen LogP contribution in [0.5, 0.6) is 17.2 Å². The maximum atomic E-state index is 12.1. The second-order valence-electron chi connectivity index (χ2n) is 8.14. The van der Waals surface area contributed by atoms with Crippen LogP contribution in [0.25, 0.3) is 16.5 Å². The van der Waals surface area contributed by atoms with Crippen molar-refractivity contribution in [1.29, 1.82) is 0 Å². The highest BCUT2D eigenvalue weighted by molar-refractivity contribution is 5.82. The van der Waals surface area contributed by atoms with Gasteiger partial charge in [0.2, 0.25) is 0 Å². The molecule has 168 valence electrons. The Kier molecular flexibility index (Phi) is 6.24. The highest BCUT2D eigenvalue weighted by Crippen LogP contribution is 2.41. The largest absolute Gasteiger partial charge is 0.496 e. The summed E-state index contributed by atoms with van der Waals surface area (Å²) in [7, 11) is 4.94. The Morgan fingerprint density at radius 3 is 2.22 bits per heavy atom. The summed E-state index contributed by atoms with van der Waals surface area (Å²) in [5.41, 5.74) is 5.79. The van der Waals surface area contributed by atoms with Crippen LogP contribution < -0.4 is 19.8 Å². The molecule has 4 rings (SSSR count). The van der Waals surface area contributed by atoms with Gasteiger partial charge >= 0.3 is 5.63 Å². The van der Waals surface area contributed by atoms with Crippen LogP contribution >= 0.6 is 0 Å². The van der Waals surface area contributed by atoms with Gasteiger partial charge in [-0.3, -0.25) is 4.90 Å². The molecule has 0 radical (unpaired) electrons. The van der Waals surface area contributed by atoms with E-state index in [9.17, 15) is 4.79 Å². The number of hydrogen-bond donors (Lipinski definition) is 0. The van der Waals surface area contributed by atoms with Crippen molar-refractivity contribution in [1.82, 2.24) is 4.90 Å². The number of fused-ring (bicyclic) bond motifs is 1. The van der Waals surface area contributed by atoms with Gasteiger partial charge in [0.15, 0.2) is 0 Å². The van der Waals surface area contributed by atoms with Gasteiger partial charge in [-0.1, -0.05) is 6.08 Å². The quantitative estimate of drug-likeness (QED) is 0.522. The average molecular weight is 436 g/mol. The summed E-state index contributed by atoms with van der Waals surface area (Å²) in [5, 5.41) is 1.00.